The van der Waals surface area contributed by atoms with Crippen molar-refractivity contribution in [1.82, 2.24) is 14.5 Å². The van der Waals surface area contributed by atoms with E-state index >= 15 is 0 Å². The van der Waals surface area contributed by atoms with E-state index in [9.17, 15) is 13.2 Å². The van der Waals surface area contributed by atoms with Crippen molar-refractivity contribution in [2.75, 3.05) is 32.7 Å². The number of nitrogens with one attached hydrogen (secondary N) is 1. The molecule has 8 heteroatoms. The number of nitrogens with zero attached hydrogens (tertiary/aromatic N) is 2. The molecule has 2 aromatic rings. The van der Waals surface area contributed by atoms with Gasteiger partial charge < -0.3 is 10.2 Å². The van der Waals surface area contributed by atoms with Gasteiger partial charge in [-0.15, -0.1) is 11.3 Å². The van der Waals surface area contributed by atoms with Crippen molar-refractivity contribution in [1.29, 1.82) is 0 Å². The average Bonchev–Trinajstić information content (AvgIpc) is 3.23. The number of amides is 1. The summed E-state index contributed by atoms with van der Waals surface area (Å²) in [7, 11) is -3.37. The molecule has 1 N–H and O–H groups in total. The maximum Gasteiger partial charge on any atom is 0.252 e. The highest BCUT2D eigenvalue weighted by molar-refractivity contribution is 7.91. The van der Waals surface area contributed by atoms with E-state index in [4.69, 9.17) is 0 Å². The van der Waals surface area contributed by atoms with Crippen LogP contribution < -0.4 is 5.32 Å². The predicted octanol–water partition coefficient (Wildman–Crippen LogP) is 2.32. The van der Waals surface area contributed by atoms with Crippen LogP contribution in [0.3, 0.4) is 0 Å². The first-order chi connectivity index (χ1) is 13.0. The molecule has 1 amide bonds. The van der Waals surface area contributed by atoms with Crippen LogP contribution in [0.25, 0.3) is 0 Å². The third-order valence-corrected chi connectivity index (χ3v) is 8.02. The Morgan fingerprint density at radius 2 is 1.81 bits per heavy atom. The lowest BCUT2D eigenvalue weighted by Gasteiger charge is -2.33. The Hall–Kier alpha value is -1.74. The third kappa shape index (κ3) is 5.16. The van der Waals surface area contributed by atoms with Crippen molar-refractivity contribution in [3.8, 4) is 0 Å². The molecule has 146 valence electrons. The van der Waals surface area contributed by atoms with Crippen molar-refractivity contribution >= 4 is 27.3 Å². The summed E-state index contributed by atoms with van der Waals surface area (Å²) in [6.07, 6.45) is 0.412. The SMILES string of the molecule is CC(NC(=O)CCN1CCN(S(=O)(=O)c2cccs2)CC1)c1ccccc1. The molecule has 27 heavy (non-hydrogen) atoms. The molecule has 1 unspecified atom stereocenters. The predicted molar refractivity (Wildman–Crippen MR) is 107 cm³/mol. The first-order valence-electron chi connectivity index (χ1n) is 9.07. The van der Waals surface area contributed by atoms with E-state index in [1.807, 2.05) is 37.3 Å². The number of thiophene rings is 1. The Morgan fingerprint density at radius 1 is 1.11 bits per heavy atom. The fraction of sp³-hybridized carbons (Fsp3) is 0.421. The van der Waals surface area contributed by atoms with Crippen LogP contribution in [0, 0.1) is 0 Å². The first kappa shape index (κ1) is 20.0. The van der Waals surface area contributed by atoms with Gasteiger partial charge in [0.05, 0.1) is 6.04 Å². The molecule has 1 aromatic carbocycles. The zero-order chi connectivity index (χ0) is 19.3. The molecule has 0 saturated carbocycles. The zero-order valence-corrected chi connectivity index (χ0v) is 17.0. The molecule has 1 aliphatic heterocycles. The number of hydrogen-bond donors (Lipinski definition) is 1. The molecule has 1 aromatic heterocycles. The van der Waals surface area contributed by atoms with Gasteiger partial charge in [-0.2, -0.15) is 4.31 Å². The lowest BCUT2D eigenvalue weighted by Crippen LogP contribution is -2.49. The minimum atomic E-state index is -3.37. The van der Waals surface area contributed by atoms with Crippen LogP contribution in [0.4, 0.5) is 0 Å². The summed E-state index contributed by atoms with van der Waals surface area (Å²) >= 11 is 1.25. The summed E-state index contributed by atoms with van der Waals surface area (Å²) in [4.78, 5) is 14.4. The Morgan fingerprint density at radius 3 is 2.44 bits per heavy atom. The van der Waals surface area contributed by atoms with Gasteiger partial charge in [0.2, 0.25) is 5.91 Å². The molecule has 0 bridgehead atoms. The standard InChI is InChI=1S/C19H25N3O3S2/c1-16(17-6-3-2-4-7-17)20-18(23)9-10-21-11-13-22(14-12-21)27(24,25)19-8-5-15-26-19/h2-8,15-16H,9-14H2,1H3,(H,20,23). The van der Waals surface area contributed by atoms with Crippen molar-refractivity contribution in [2.24, 2.45) is 0 Å². The fourth-order valence-electron chi connectivity index (χ4n) is 3.13. The van der Waals surface area contributed by atoms with E-state index in [-0.39, 0.29) is 11.9 Å². The number of carbonyl (C=O) groups excluding carboxylic acids is 1. The van der Waals surface area contributed by atoms with Gasteiger partial charge in [0.15, 0.2) is 0 Å². The number of benzene rings is 1. The Bertz CT molecular complexity index is 830. The summed E-state index contributed by atoms with van der Waals surface area (Å²) in [5.41, 5.74) is 1.08. The van der Waals surface area contributed by atoms with Crippen molar-refractivity contribution in [3.63, 3.8) is 0 Å². The first-order valence-corrected chi connectivity index (χ1v) is 11.4. The molecule has 1 aliphatic rings. The van der Waals surface area contributed by atoms with Gasteiger partial charge >= 0.3 is 0 Å². The molecule has 0 radical (unpaired) electrons. The molecule has 3 rings (SSSR count). The van der Waals surface area contributed by atoms with Crippen LogP contribution in [0.15, 0.2) is 52.1 Å². The molecule has 1 saturated heterocycles. The van der Waals surface area contributed by atoms with Gasteiger partial charge in [0, 0.05) is 39.1 Å². The Labute approximate surface area is 164 Å². The van der Waals surface area contributed by atoms with E-state index in [1.54, 1.807) is 17.5 Å². The smallest absolute Gasteiger partial charge is 0.252 e. The Balaban J connectivity index is 1.42. The minimum Gasteiger partial charge on any atom is -0.350 e. The van der Waals surface area contributed by atoms with E-state index < -0.39 is 10.0 Å². The fourth-order valence-corrected chi connectivity index (χ4v) is 5.70. The van der Waals surface area contributed by atoms with Crippen LogP contribution in [-0.4, -0.2) is 56.3 Å². The maximum absolute atomic E-state index is 12.5. The summed E-state index contributed by atoms with van der Waals surface area (Å²) in [5.74, 6) is 0.0139. The van der Waals surface area contributed by atoms with Crippen LogP contribution in [0.2, 0.25) is 0 Å². The largest absolute Gasteiger partial charge is 0.350 e. The van der Waals surface area contributed by atoms with Crippen molar-refractivity contribution < 1.29 is 13.2 Å². The van der Waals surface area contributed by atoms with Crippen LogP contribution in [0.5, 0.6) is 0 Å². The molecular weight excluding hydrogens is 382 g/mol. The number of piperazine rings is 1. The Kier molecular flexibility index (Phi) is 6.64. The van der Waals surface area contributed by atoms with Gasteiger partial charge in [-0.25, -0.2) is 8.42 Å². The normalized spacial score (nSPS) is 17.5. The molecule has 1 atom stereocenters. The quantitative estimate of drug-likeness (QED) is 0.765. The van der Waals surface area contributed by atoms with Crippen LogP contribution in [-0.2, 0) is 14.8 Å². The third-order valence-electron chi connectivity index (χ3n) is 4.75. The number of sulfonamides is 1. The lowest BCUT2D eigenvalue weighted by molar-refractivity contribution is -0.122. The topological polar surface area (TPSA) is 69.7 Å². The second-order valence-electron chi connectivity index (χ2n) is 6.63. The summed E-state index contributed by atoms with van der Waals surface area (Å²) in [6.45, 7) is 4.82. The zero-order valence-electron chi connectivity index (χ0n) is 15.4. The highest BCUT2D eigenvalue weighted by Gasteiger charge is 2.29. The van der Waals surface area contributed by atoms with Crippen molar-refractivity contribution in [3.05, 3.63) is 53.4 Å². The minimum absolute atomic E-state index is 0.0139. The van der Waals surface area contributed by atoms with Crippen molar-refractivity contribution in [2.45, 2.75) is 23.6 Å². The second-order valence-corrected chi connectivity index (χ2v) is 9.74. The van der Waals surface area contributed by atoms with Gasteiger partial charge in [-0.05, 0) is 23.9 Å². The van der Waals surface area contributed by atoms with Gasteiger partial charge in [-0.3, -0.25) is 4.79 Å². The lowest BCUT2D eigenvalue weighted by atomic mass is 10.1. The van der Waals surface area contributed by atoms with Gasteiger partial charge in [0.1, 0.15) is 4.21 Å². The summed E-state index contributed by atoms with van der Waals surface area (Å²) < 4.78 is 27.0. The second kappa shape index (κ2) is 8.97. The average molecular weight is 408 g/mol. The summed E-state index contributed by atoms with van der Waals surface area (Å²) in [6, 6.07) is 13.2. The molecule has 6 nitrogen and oxygen atoms in total. The number of rotatable bonds is 7. The van der Waals surface area contributed by atoms with E-state index in [0.717, 1.165) is 5.56 Å². The monoisotopic (exact) mass is 407 g/mol. The molecule has 2 heterocycles. The van der Waals surface area contributed by atoms with E-state index in [1.165, 1.54) is 15.6 Å². The summed E-state index contributed by atoms with van der Waals surface area (Å²) in [5, 5.41) is 4.79. The highest BCUT2D eigenvalue weighted by atomic mass is 32.2. The molecule has 1 fully saturated rings. The van der Waals surface area contributed by atoms with Gasteiger partial charge in [0.25, 0.3) is 10.0 Å². The number of carbonyl (C=O) groups is 1. The van der Waals surface area contributed by atoms with E-state index in [2.05, 4.69) is 10.2 Å². The van der Waals surface area contributed by atoms with E-state index in [0.29, 0.717) is 43.4 Å². The van der Waals surface area contributed by atoms with Crippen LogP contribution >= 0.6 is 11.3 Å². The molecular formula is C19H25N3O3S2. The molecule has 0 spiro atoms. The maximum atomic E-state index is 12.5. The molecule has 0 aliphatic carbocycles. The van der Waals surface area contributed by atoms with Gasteiger partial charge in [-0.1, -0.05) is 36.4 Å². The number of hydrogen-bond acceptors (Lipinski definition) is 5. The highest BCUT2D eigenvalue weighted by Crippen LogP contribution is 2.22. The van der Waals surface area contributed by atoms with Crippen LogP contribution in [0.1, 0.15) is 24.9 Å².